The first-order chi connectivity index (χ1) is 15.1. The van der Waals surface area contributed by atoms with Crippen LogP contribution in [0.5, 0.6) is 5.75 Å². The Bertz CT molecular complexity index is 975. The second kappa shape index (κ2) is 11.5. The lowest BCUT2D eigenvalue weighted by Gasteiger charge is -2.37. The normalized spacial score (nSPS) is 19.6. The number of carbonyl (C=O) groups is 2. The van der Waals surface area contributed by atoms with Gasteiger partial charge in [0.05, 0.1) is 0 Å². The molecule has 1 aliphatic carbocycles. The summed E-state index contributed by atoms with van der Waals surface area (Å²) in [4.78, 5) is 23.4. The van der Waals surface area contributed by atoms with Gasteiger partial charge in [0.25, 0.3) is 0 Å². The molecule has 4 heteroatoms. The molecule has 0 fully saturated rings. The van der Waals surface area contributed by atoms with Crippen LogP contribution in [-0.2, 0) is 9.59 Å². The quantitative estimate of drug-likeness (QED) is 0.229. The molecule has 1 aromatic rings. The minimum atomic E-state index is -0.397. The summed E-state index contributed by atoms with van der Waals surface area (Å²) in [5, 5.41) is 0. The zero-order valence-electron chi connectivity index (χ0n) is 19.9. The van der Waals surface area contributed by atoms with Gasteiger partial charge in [0, 0.05) is 12.5 Å². The SMILES string of the molecule is CC1=C(/C=C/C(C)=C/C=C/C(C)=C/C(=O)Oc2ccccc2)C(C)(C)CCC1CC(N)=O. The molecule has 0 radical (unpaired) electrons. The van der Waals surface area contributed by atoms with Crippen LogP contribution in [-0.4, -0.2) is 11.9 Å². The van der Waals surface area contributed by atoms with Gasteiger partial charge in [-0.25, -0.2) is 4.79 Å². The van der Waals surface area contributed by atoms with Crippen molar-refractivity contribution in [3.05, 3.63) is 89.1 Å². The van der Waals surface area contributed by atoms with Crippen LogP contribution in [0, 0.1) is 11.3 Å². The molecule has 1 amide bonds. The van der Waals surface area contributed by atoms with Crippen molar-refractivity contribution in [2.24, 2.45) is 17.1 Å². The number of hydrogen-bond acceptors (Lipinski definition) is 3. The number of allylic oxidation sites excluding steroid dienone is 9. The van der Waals surface area contributed by atoms with Crippen molar-refractivity contribution in [1.29, 1.82) is 0 Å². The van der Waals surface area contributed by atoms with Gasteiger partial charge in [-0.05, 0) is 68.2 Å². The molecule has 170 valence electrons. The molecule has 0 bridgehead atoms. The molecule has 0 heterocycles. The van der Waals surface area contributed by atoms with Crippen molar-refractivity contribution in [2.75, 3.05) is 0 Å². The van der Waals surface area contributed by atoms with E-state index in [-0.39, 0.29) is 17.2 Å². The second-order valence-electron chi connectivity index (χ2n) is 9.11. The van der Waals surface area contributed by atoms with Gasteiger partial charge in [0.2, 0.25) is 5.91 Å². The summed E-state index contributed by atoms with van der Waals surface area (Å²) in [6, 6.07) is 9.01. The van der Waals surface area contributed by atoms with E-state index in [0.717, 1.165) is 24.0 Å². The van der Waals surface area contributed by atoms with Gasteiger partial charge >= 0.3 is 5.97 Å². The van der Waals surface area contributed by atoms with Crippen LogP contribution >= 0.6 is 0 Å². The molecule has 1 aliphatic rings. The van der Waals surface area contributed by atoms with Crippen molar-refractivity contribution in [2.45, 2.75) is 53.9 Å². The maximum atomic E-state index is 12.0. The Balaban J connectivity index is 2.04. The highest BCUT2D eigenvalue weighted by molar-refractivity contribution is 5.85. The first-order valence-corrected chi connectivity index (χ1v) is 11.1. The van der Waals surface area contributed by atoms with E-state index in [4.69, 9.17) is 10.5 Å². The summed E-state index contributed by atoms with van der Waals surface area (Å²) in [7, 11) is 0. The summed E-state index contributed by atoms with van der Waals surface area (Å²) in [5.41, 5.74) is 9.95. The summed E-state index contributed by atoms with van der Waals surface area (Å²) < 4.78 is 5.27. The number of nitrogens with two attached hydrogens (primary N) is 1. The van der Waals surface area contributed by atoms with Crippen LogP contribution in [0.3, 0.4) is 0 Å². The summed E-state index contributed by atoms with van der Waals surface area (Å²) in [6.45, 7) is 10.5. The third-order valence-electron chi connectivity index (χ3n) is 5.87. The monoisotopic (exact) mass is 433 g/mol. The van der Waals surface area contributed by atoms with Crippen LogP contribution in [0.1, 0.15) is 53.9 Å². The predicted octanol–water partition coefficient (Wildman–Crippen LogP) is 6.23. The van der Waals surface area contributed by atoms with Gasteiger partial charge in [0.1, 0.15) is 5.75 Å². The Hall–Kier alpha value is -3.14. The zero-order chi connectivity index (χ0) is 23.7. The van der Waals surface area contributed by atoms with Gasteiger partial charge < -0.3 is 10.5 Å². The fourth-order valence-corrected chi connectivity index (χ4v) is 3.99. The zero-order valence-corrected chi connectivity index (χ0v) is 19.9. The number of hydrogen-bond donors (Lipinski definition) is 1. The Labute approximate surface area is 192 Å². The maximum Gasteiger partial charge on any atom is 0.336 e. The lowest BCUT2D eigenvalue weighted by atomic mass is 9.68. The minimum absolute atomic E-state index is 0.0727. The fraction of sp³-hybridized carbons (Fsp3) is 0.357. The molecule has 0 spiro atoms. The summed E-state index contributed by atoms with van der Waals surface area (Å²) in [5.74, 6) is 0.119. The molecule has 1 aromatic carbocycles. The first-order valence-electron chi connectivity index (χ1n) is 11.1. The van der Waals surface area contributed by atoms with E-state index in [1.807, 2.05) is 50.3 Å². The van der Waals surface area contributed by atoms with E-state index in [1.165, 1.54) is 17.2 Å². The number of ether oxygens (including phenoxy) is 1. The number of rotatable bonds is 8. The predicted molar refractivity (Wildman–Crippen MR) is 131 cm³/mol. The Morgan fingerprint density at radius 1 is 1.12 bits per heavy atom. The molecule has 0 aliphatic heterocycles. The van der Waals surface area contributed by atoms with E-state index in [2.05, 4.69) is 32.9 Å². The topological polar surface area (TPSA) is 69.4 Å². The molecular weight excluding hydrogens is 398 g/mol. The Morgan fingerprint density at radius 2 is 1.81 bits per heavy atom. The molecule has 1 unspecified atom stereocenters. The van der Waals surface area contributed by atoms with Crippen LogP contribution in [0.25, 0.3) is 0 Å². The summed E-state index contributed by atoms with van der Waals surface area (Å²) >= 11 is 0. The molecule has 2 rings (SSSR count). The van der Waals surface area contributed by atoms with Crippen molar-refractivity contribution in [3.8, 4) is 5.75 Å². The third-order valence-corrected chi connectivity index (χ3v) is 5.87. The van der Waals surface area contributed by atoms with Crippen molar-refractivity contribution in [3.63, 3.8) is 0 Å². The second-order valence-corrected chi connectivity index (χ2v) is 9.11. The summed E-state index contributed by atoms with van der Waals surface area (Å²) in [6.07, 6.45) is 14.0. The van der Waals surface area contributed by atoms with Crippen molar-refractivity contribution in [1.82, 2.24) is 0 Å². The third kappa shape index (κ3) is 7.84. The van der Waals surface area contributed by atoms with Crippen molar-refractivity contribution >= 4 is 11.9 Å². The number of para-hydroxylation sites is 1. The van der Waals surface area contributed by atoms with Gasteiger partial charge in [-0.2, -0.15) is 0 Å². The van der Waals surface area contributed by atoms with Crippen LogP contribution in [0.15, 0.2) is 89.1 Å². The lowest BCUT2D eigenvalue weighted by molar-refractivity contribution is -0.129. The highest BCUT2D eigenvalue weighted by Gasteiger charge is 2.32. The van der Waals surface area contributed by atoms with E-state index in [0.29, 0.717) is 12.2 Å². The molecule has 0 aromatic heterocycles. The molecule has 2 N–H and O–H groups in total. The average molecular weight is 434 g/mol. The molecule has 32 heavy (non-hydrogen) atoms. The molecule has 0 saturated carbocycles. The molecule has 0 saturated heterocycles. The maximum absolute atomic E-state index is 12.0. The van der Waals surface area contributed by atoms with Gasteiger partial charge in [0.15, 0.2) is 0 Å². The largest absolute Gasteiger partial charge is 0.423 e. The Morgan fingerprint density at radius 3 is 2.47 bits per heavy atom. The number of esters is 1. The van der Waals surface area contributed by atoms with Crippen LogP contribution < -0.4 is 10.5 Å². The van der Waals surface area contributed by atoms with Gasteiger partial charge in [-0.3, -0.25) is 4.79 Å². The highest BCUT2D eigenvalue weighted by atomic mass is 16.5. The van der Waals surface area contributed by atoms with E-state index < -0.39 is 5.97 Å². The smallest absolute Gasteiger partial charge is 0.336 e. The van der Waals surface area contributed by atoms with Crippen molar-refractivity contribution < 1.29 is 14.3 Å². The molecule has 1 atom stereocenters. The number of primary amides is 1. The molecule has 4 nitrogen and oxygen atoms in total. The van der Waals surface area contributed by atoms with Gasteiger partial charge in [-0.15, -0.1) is 0 Å². The molecular formula is C28H35NO3. The number of benzene rings is 1. The average Bonchev–Trinajstić information content (AvgIpc) is 2.70. The Kier molecular flexibility index (Phi) is 9.01. The van der Waals surface area contributed by atoms with E-state index >= 15 is 0 Å². The van der Waals surface area contributed by atoms with E-state index in [9.17, 15) is 9.59 Å². The number of amides is 1. The van der Waals surface area contributed by atoms with Crippen LogP contribution in [0.4, 0.5) is 0 Å². The first kappa shape index (κ1) is 25.1. The highest BCUT2D eigenvalue weighted by Crippen LogP contribution is 2.44. The van der Waals surface area contributed by atoms with E-state index in [1.54, 1.807) is 12.1 Å². The lowest BCUT2D eigenvalue weighted by Crippen LogP contribution is -2.27. The fourth-order valence-electron chi connectivity index (χ4n) is 3.99. The van der Waals surface area contributed by atoms with Crippen LogP contribution in [0.2, 0.25) is 0 Å². The standard InChI is InChI=1S/C28H35NO3/c1-20(10-9-11-21(2)18-27(31)32-24-12-7-6-8-13-24)14-15-25-22(3)23(19-26(29)30)16-17-28(25,4)5/h6-15,18,23H,16-17,19H2,1-5H3,(H2,29,30)/b11-9+,15-14+,20-10+,21-18+. The minimum Gasteiger partial charge on any atom is -0.423 e. The van der Waals surface area contributed by atoms with Gasteiger partial charge in [-0.1, -0.05) is 73.6 Å². The number of carbonyl (C=O) groups excluding carboxylic acids is 2.